The van der Waals surface area contributed by atoms with Crippen molar-refractivity contribution >= 4 is 64.3 Å². The first-order valence-electron chi connectivity index (χ1n) is 8.42. The number of nitrogens with zero attached hydrogens (tertiary/aromatic N) is 2. The van der Waals surface area contributed by atoms with Crippen LogP contribution in [0, 0.1) is 20.2 Å². The van der Waals surface area contributed by atoms with Crippen LogP contribution in [0.1, 0.15) is 19.8 Å². The Labute approximate surface area is 197 Å². The second kappa shape index (κ2) is 9.45. The molecule has 11 nitrogen and oxygen atoms in total. The minimum Gasteiger partial charge on any atom is -0.258 e. The highest BCUT2D eigenvalue weighted by atomic mass is 35.7. The van der Waals surface area contributed by atoms with Gasteiger partial charge in [0, 0.05) is 28.4 Å². The van der Waals surface area contributed by atoms with E-state index in [4.69, 9.17) is 33.9 Å². The molecule has 3 rings (SSSR count). The van der Waals surface area contributed by atoms with E-state index in [1.54, 1.807) is 6.92 Å². The van der Waals surface area contributed by atoms with E-state index in [0.29, 0.717) is 0 Å². The Bertz CT molecular complexity index is 1300. The molecule has 0 saturated heterocycles. The van der Waals surface area contributed by atoms with E-state index in [0.717, 1.165) is 37.1 Å². The van der Waals surface area contributed by atoms with E-state index in [2.05, 4.69) is 4.72 Å². The predicted molar refractivity (Wildman–Crippen MR) is 117 cm³/mol. The summed E-state index contributed by atoms with van der Waals surface area (Å²) in [5.41, 5.74) is -1.33. The molecule has 0 aromatic heterocycles. The van der Waals surface area contributed by atoms with Gasteiger partial charge in [0.1, 0.15) is 10.0 Å². The zero-order chi connectivity index (χ0) is 24.5. The average molecular weight is 547 g/mol. The summed E-state index contributed by atoms with van der Waals surface area (Å²) in [6, 6.07) is 6.45. The van der Waals surface area contributed by atoms with Crippen molar-refractivity contribution in [2.24, 2.45) is 0 Å². The SMILES string of the molecule is CC1(NS(=O)(=O)c2ccc(Cl)c([N+](=O)[O-])c2)CC1.O=[N+]([O-])c1cc(S(=O)(=O)Cl)ccc1Cl. The number of hydrogen-bond acceptors (Lipinski definition) is 8. The molecule has 1 fully saturated rings. The summed E-state index contributed by atoms with van der Waals surface area (Å²) in [5, 5.41) is 20.9. The molecule has 174 valence electrons. The number of halogens is 3. The number of rotatable bonds is 6. The largest absolute Gasteiger partial charge is 0.289 e. The molecule has 2 aromatic rings. The van der Waals surface area contributed by atoms with Crippen LogP contribution in [-0.4, -0.2) is 32.2 Å². The first-order valence-corrected chi connectivity index (χ1v) is 13.0. The van der Waals surface area contributed by atoms with Crippen molar-refractivity contribution in [3.05, 3.63) is 66.7 Å². The Morgan fingerprint density at radius 3 is 1.66 bits per heavy atom. The third-order valence-corrected chi connectivity index (χ3v) is 7.83. The van der Waals surface area contributed by atoms with Crippen LogP contribution in [0.3, 0.4) is 0 Å². The zero-order valence-corrected chi connectivity index (χ0v) is 19.9. The van der Waals surface area contributed by atoms with Crippen molar-refractivity contribution in [3.63, 3.8) is 0 Å². The lowest BCUT2D eigenvalue weighted by Crippen LogP contribution is -2.34. The van der Waals surface area contributed by atoms with Crippen LogP contribution in [-0.2, 0) is 19.1 Å². The predicted octanol–water partition coefficient (Wildman–Crippen LogP) is 4.25. The van der Waals surface area contributed by atoms with Gasteiger partial charge in [-0.1, -0.05) is 23.2 Å². The first-order chi connectivity index (χ1) is 14.6. The zero-order valence-electron chi connectivity index (χ0n) is 16.0. The number of nitro benzene ring substituents is 2. The molecule has 0 bridgehead atoms. The molecular weight excluding hydrogens is 533 g/mol. The highest BCUT2D eigenvalue weighted by Crippen LogP contribution is 2.36. The number of benzene rings is 2. The van der Waals surface area contributed by atoms with Gasteiger partial charge in [0.15, 0.2) is 0 Å². The van der Waals surface area contributed by atoms with Crippen LogP contribution in [0.4, 0.5) is 11.4 Å². The van der Waals surface area contributed by atoms with E-state index in [1.165, 1.54) is 12.1 Å². The Morgan fingerprint density at radius 2 is 1.28 bits per heavy atom. The van der Waals surface area contributed by atoms with Gasteiger partial charge in [0.2, 0.25) is 10.0 Å². The highest BCUT2D eigenvalue weighted by Gasteiger charge is 2.41. The fraction of sp³-hybridized carbons (Fsp3) is 0.250. The van der Waals surface area contributed by atoms with Crippen LogP contribution in [0.25, 0.3) is 0 Å². The molecule has 1 saturated carbocycles. The molecule has 2 aromatic carbocycles. The summed E-state index contributed by atoms with van der Waals surface area (Å²) in [6.07, 6.45) is 1.53. The second-order valence-corrected chi connectivity index (χ2v) is 11.9. The molecule has 1 N–H and O–H groups in total. The molecule has 0 amide bonds. The molecule has 32 heavy (non-hydrogen) atoms. The molecule has 16 heteroatoms. The van der Waals surface area contributed by atoms with Gasteiger partial charge in [-0.05, 0) is 44.0 Å². The fourth-order valence-electron chi connectivity index (χ4n) is 2.26. The van der Waals surface area contributed by atoms with Gasteiger partial charge in [-0.2, -0.15) is 0 Å². The third-order valence-electron chi connectivity index (χ3n) is 4.20. The Morgan fingerprint density at radius 1 is 0.875 bits per heavy atom. The highest BCUT2D eigenvalue weighted by molar-refractivity contribution is 8.13. The number of nitrogens with one attached hydrogen (secondary N) is 1. The third kappa shape index (κ3) is 6.73. The van der Waals surface area contributed by atoms with Crippen LogP contribution in [0.5, 0.6) is 0 Å². The molecule has 0 spiro atoms. The van der Waals surface area contributed by atoms with Crippen LogP contribution in [0.2, 0.25) is 10.0 Å². The van der Waals surface area contributed by atoms with Crippen molar-refractivity contribution < 1.29 is 26.7 Å². The number of sulfonamides is 1. The van der Waals surface area contributed by atoms with Gasteiger partial charge < -0.3 is 0 Å². The Kier molecular flexibility index (Phi) is 7.75. The van der Waals surface area contributed by atoms with E-state index in [1.807, 2.05) is 0 Å². The molecular formula is C16H14Cl3N3O8S2. The van der Waals surface area contributed by atoms with Crippen molar-refractivity contribution in [1.82, 2.24) is 4.72 Å². The summed E-state index contributed by atoms with van der Waals surface area (Å²) < 4.78 is 48.1. The maximum absolute atomic E-state index is 12.0. The molecule has 0 aliphatic heterocycles. The van der Waals surface area contributed by atoms with E-state index < -0.39 is 45.8 Å². The van der Waals surface area contributed by atoms with Gasteiger partial charge in [0.25, 0.3) is 20.4 Å². The second-order valence-electron chi connectivity index (χ2n) is 6.84. The first kappa shape index (κ1) is 26.2. The minimum absolute atomic E-state index is 0.0865. The van der Waals surface area contributed by atoms with E-state index in [9.17, 15) is 37.1 Å². The van der Waals surface area contributed by atoms with E-state index in [-0.39, 0.29) is 19.8 Å². The van der Waals surface area contributed by atoms with Crippen molar-refractivity contribution in [3.8, 4) is 0 Å². The molecule has 0 radical (unpaired) electrons. The number of nitro groups is 2. The summed E-state index contributed by atoms with van der Waals surface area (Å²) in [4.78, 5) is 19.1. The van der Waals surface area contributed by atoms with Crippen molar-refractivity contribution in [2.45, 2.75) is 35.1 Å². The lowest BCUT2D eigenvalue weighted by atomic mass is 10.3. The lowest BCUT2D eigenvalue weighted by molar-refractivity contribution is -0.385. The topological polar surface area (TPSA) is 167 Å². The summed E-state index contributed by atoms with van der Waals surface area (Å²) in [7, 11) is -2.71. The monoisotopic (exact) mass is 545 g/mol. The summed E-state index contributed by atoms with van der Waals surface area (Å²) >= 11 is 11.1. The molecule has 0 heterocycles. The Hall–Kier alpha value is -2.03. The smallest absolute Gasteiger partial charge is 0.258 e. The van der Waals surface area contributed by atoms with Gasteiger partial charge >= 0.3 is 0 Å². The van der Waals surface area contributed by atoms with Gasteiger partial charge in [-0.3, -0.25) is 20.2 Å². The van der Waals surface area contributed by atoms with Crippen LogP contribution >= 0.6 is 33.9 Å². The van der Waals surface area contributed by atoms with Gasteiger partial charge in [-0.25, -0.2) is 21.6 Å². The van der Waals surface area contributed by atoms with Crippen molar-refractivity contribution in [2.75, 3.05) is 0 Å². The van der Waals surface area contributed by atoms with Crippen LogP contribution in [0.15, 0.2) is 46.2 Å². The average Bonchev–Trinajstić information content (AvgIpc) is 3.37. The minimum atomic E-state index is -3.97. The van der Waals surface area contributed by atoms with Gasteiger partial charge in [0.05, 0.1) is 19.6 Å². The summed E-state index contributed by atoms with van der Waals surface area (Å²) in [5.74, 6) is 0. The molecule has 1 aliphatic rings. The fourth-order valence-corrected chi connectivity index (χ4v) is 4.89. The standard InChI is InChI=1S/C10H11ClN2O4S.C6H3Cl2NO4S/c1-10(4-5-10)12-18(16,17)7-2-3-8(11)9(6-7)13(14)15;7-5-2-1-4(14(8,12)13)3-6(5)9(10)11/h2-3,6,12H,4-5H2,1H3;1-3H. The maximum Gasteiger partial charge on any atom is 0.289 e. The maximum atomic E-state index is 12.0. The molecule has 0 unspecified atom stereocenters. The van der Waals surface area contributed by atoms with Crippen LogP contribution < -0.4 is 4.72 Å². The molecule has 1 aliphatic carbocycles. The van der Waals surface area contributed by atoms with Gasteiger partial charge in [-0.15, -0.1) is 0 Å². The Balaban J connectivity index is 0.000000235. The number of hydrogen-bond donors (Lipinski definition) is 1. The van der Waals surface area contributed by atoms with Crippen molar-refractivity contribution in [1.29, 1.82) is 0 Å². The normalized spacial score (nSPS) is 14.8. The lowest BCUT2D eigenvalue weighted by Gasteiger charge is -2.12. The van der Waals surface area contributed by atoms with E-state index >= 15 is 0 Å². The summed E-state index contributed by atoms with van der Waals surface area (Å²) in [6.45, 7) is 1.79. The molecule has 0 atom stereocenters. The quantitative estimate of drug-likeness (QED) is 0.319.